The topological polar surface area (TPSA) is 51.5 Å². The van der Waals surface area contributed by atoms with Crippen LogP contribution in [0.1, 0.15) is 32.0 Å². The number of carbonyl (C=O) groups excluding carboxylic acids is 1. The monoisotopic (exact) mass is 315 g/mol. The molecule has 1 aromatic carbocycles. The maximum Gasteiger partial charge on any atom is 0.419 e. The van der Waals surface area contributed by atoms with Gasteiger partial charge < -0.3 is 9.84 Å². The number of hydrogen-bond donors (Lipinski definition) is 1. The molecule has 0 aliphatic heterocycles. The molecular weight excluding hydrogens is 299 g/mol. The van der Waals surface area contributed by atoms with Crippen LogP contribution in [0.3, 0.4) is 0 Å². The molecule has 0 spiro atoms. The first-order valence-corrected chi connectivity index (χ1v) is 6.59. The number of rotatable bonds is 1. The fraction of sp³-hybridized carbons (Fsp3) is 0.400. The predicted octanol–water partition coefficient (Wildman–Crippen LogP) is 3.94. The Morgan fingerprint density at radius 2 is 1.86 bits per heavy atom. The Hall–Kier alpha value is -2.02. The van der Waals surface area contributed by atoms with Gasteiger partial charge in [0.15, 0.2) is 0 Å². The van der Waals surface area contributed by atoms with E-state index in [9.17, 15) is 23.1 Å². The molecule has 0 atom stereocenters. The van der Waals surface area contributed by atoms with E-state index in [0.717, 1.165) is 16.7 Å². The van der Waals surface area contributed by atoms with E-state index < -0.39 is 30.0 Å². The zero-order chi connectivity index (χ0) is 16.7. The second kappa shape index (κ2) is 5.31. The number of nitrogens with zero attached hydrogens (tertiary/aromatic N) is 1. The zero-order valence-corrected chi connectivity index (χ0v) is 12.4. The number of carbonyl (C=O) groups is 1. The highest BCUT2D eigenvalue weighted by atomic mass is 19.4. The van der Waals surface area contributed by atoms with E-state index in [0.29, 0.717) is 5.39 Å². The first-order chi connectivity index (χ1) is 10.0. The van der Waals surface area contributed by atoms with Gasteiger partial charge >= 0.3 is 12.3 Å². The zero-order valence-electron chi connectivity index (χ0n) is 12.4. The summed E-state index contributed by atoms with van der Waals surface area (Å²) in [7, 11) is 0. The van der Waals surface area contributed by atoms with E-state index >= 15 is 0 Å². The molecule has 0 saturated heterocycles. The van der Waals surface area contributed by atoms with Gasteiger partial charge in [0.05, 0.1) is 23.4 Å². The molecule has 1 N–H and O–H groups in total. The van der Waals surface area contributed by atoms with Gasteiger partial charge in [0.25, 0.3) is 0 Å². The van der Waals surface area contributed by atoms with Gasteiger partial charge in [0.2, 0.25) is 0 Å². The van der Waals surface area contributed by atoms with Crippen LogP contribution in [0.4, 0.5) is 18.0 Å². The normalized spacial score (nSPS) is 12.7. The maximum atomic E-state index is 12.8. The molecule has 0 aliphatic carbocycles. The van der Waals surface area contributed by atoms with Crippen LogP contribution < -0.4 is 0 Å². The molecule has 22 heavy (non-hydrogen) atoms. The van der Waals surface area contributed by atoms with Gasteiger partial charge in [-0.2, -0.15) is 13.2 Å². The van der Waals surface area contributed by atoms with Crippen LogP contribution in [0.25, 0.3) is 10.9 Å². The average molecular weight is 315 g/mol. The Morgan fingerprint density at radius 3 is 2.36 bits per heavy atom. The van der Waals surface area contributed by atoms with Crippen molar-refractivity contribution in [2.75, 3.05) is 0 Å². The van der Waals surface area contributed by atoms with Gasteiger partial charge in [-0.3, -0.25) is 0 Å². The van der Waals surface area contributed by atoms with E-state index in [-0.39, 0.29) is 11.2 Å². The van der Waals surface area contributed by atoms with Crippen LogP contribution >= 0.6 is 0 Å². The molecule has 0 unspecified atom stereocenters. The largest absolute Gasteiger partial charge is 0.443 e. The van der Waals surface area contributed by atoms with Crippen molar-refractivity contribution < 1.29 is 27.8 Å². The van der Waals surface area contributed by atoms with Crippen molar-refractivity contribution in [3.63, 3.8) is 0 Å². The summed E-state index contributed by atoms with van der Waals surface area (Å²) >= 11 is 0. The van der Waals surface area contributed by atoms with Crippen molar-refractivity contribution in [2.24, 2.45) is 0 Å². The van der Waals surface area contributed by atoms with Crippen molar-refractivity contribution in [3.05, 3.63) is 35.5 Å². The summed E-state index contributed by atoms with van der Waals surface area (Å²) in [5.41, 5.74) is -1.45. The van der Waals surface area contributed by atoms with Crippen LogP contribution in [0, 0.1) is 0 Å². The number of benzene rings is 1. The molecule has 1 aromatic heterocycles. The quantitative estimate of drug-likeness (QED) is 0.867. The smallest absolute Gasteiger partial charge is 0.419 e. The predicted molar refractivity (Wildman–Crippen MR) is 74.5 cm³/mol. The highest BCUT2D eigenvalue weighted by Crippen LogP contribution is 2.32. The molecule has 0 aliphatic rings. The number of halogens is 3. The summed E-state index contributed by atoms with van der Waals surface area (Å²) in [6.07, 6.45) is -5.35. The SMILES string of the molecule is CC(C)(C)OC(=O)n1c(CO)cc2ccc(C(F)(F)F)cc21. The van der Waals surface area contributed by atoms with Crippen LogP contribution in [-0.2, 0) is 17.5 Å². The molecule has 1 heterocycles. The molecule has 0 radical (unpaired) electrons. The molecule has 120 valence electrons. The van der Waals surface area contributed by atoms with Crippen LogP contribution in [0.15, 0.2) is 24.3 Å². The van der Waals surface area contributed by atoms with Crippen molar-refractivity contribution in [1.29, 1.82) is 0 Å². The highest BCUT2D eigenvalue weighted by molar-refractivity contribution is 5.91. The van der Waals surface area contributed by atoms with Crippen LogP contribution in [0.5, 0.6) is 0 Å². The summed E-state index contributed by atoms with van der Waals surface area (Å²) < 4.78 is 44.7. The first-order valence-electron chi connectivity index (χ1n) is 6.59. The van der Waals surface area contributed by atoms with E-state index in [1.165, 1.54) is 12.1 Å². The molecule has 0 fully saturated rings. The van der Waals surface area contributed by atoms with E-state index in [4.69, 9.17) is 4.74 Å². The van der Waals surface area contributed by atoms with E-state index in [1.807, 2.05) is 0 Å². The Balaban J connectivity index is 2.62. The van der Waals surface area contributed by atoms with Gasteiger partial charge in [-0.05, 0) is 39.0 Å². The van der Waals surface area contributed by atoms with Gasteiger partial charge in [-0.15, -0.1) is 0 Å². The van der Waals surface area contributed by atoms with Crippen molar-refractivity contribution in [3.8, 4) is 0 Å². The third-order valence-electron chi connectivity index (χ3n) is 2.95. The molecule has 0 bridgehead atoms. The van der Waals surface area contributed by atoms with Crippen LogP contribution in [-0.4, -0.2) is 21.4 Å². The second-order valence-electron chi connectivity index (χ2n) is 5.88. The molecule has 0 amide bonds. The van der Waals surface area contributed by atoms with Gasteiger partial charge in [-0.25, -0.2) is 9.36 Å². The number of ether oxygens (including phenoxy) is 1. The number of aliphatic hydroxyl groups is 1. The second-order valence-corrected chi connectivity index (χ2v) is 5.88. The number of alkyl halides is 3. The van der Waals surface area contributed by atoms with E-state index in [2.05, 4.69) is 0 Å². The number of aliphatic hydroxyl groups excluding tert-OH is 1. The summed E-state index contributed by atoms with van der Waals surface area (Å²) in [6.45, 7) is 4.46. The lowest BCUT2D eigenvalue weighted by Crippen LogP contribution is -2.28. The van der Waals surface area contributed by atoms with Crippen molar-refractivity contribution in [1.82, 2.24) is 4.57 Å². The molecular formula is C15H16F3NO3. The molecule has 4 nitrogen and oxygen atoms in total. The van der Waals surface area contributed by atoms with Crippen molar-refractivity contribution >= 4 is 17.0 Å². The fourth-order valence-electron chi connectivity index (χ4n) is 2.07. The lowest BCUT2D eigenvalue weighted by molar-refractivity contribution is -0.137. The third-order valence-corrected chi connectivity index (χ3v) is 2.95. The standard InChI is InChI=1S/C15H16F3NO3/c1-14(2,3)22-13(21)19-11(8-20)6-9-4-5-10(7-12(9)19)15(16,17)18/h4-7,20H,8H2,1-3H3. The average Bonchev–Trinajstić information content (AvgIpc) is 2.72. The number of fused-ring (bicyclic) bond motifs is 1. The minimum Gasteiger partial charge on any atom is -0.443 e. The fourth-order valence-corrected chi connectivity index (χ4v) is 2.07. The van der Waals surface area contributed by atoms with Gasteiger partial charge in [0, 0.05) is 5.39 Å². The van der Waals surface area contributed by atoms with Crippen molar-refractivity contribution in [2.45, 2.75) is 39.2 Å². The van der Waals surface area contributed by atoms with E-state index in [1.54, 1.807) is 20.8 Å². The number of hydrogen-bond acceptors (Lipinski definition) is 3. The molecule has 7 heteroatoms. The lowest BCUT2D eigenvalue weighted by Gasteiger charge is -2.20. The minimum absolute atomic E-state index is 0.0492. The van der Waals surface area contributed by atoms with Gasteiger partial charge in [0.1, 0.15) is 5.60 Å². The number of aromatic nitrogens is 1. The Kier molecular flexibility index (Phi) is 3.95. The Morgan fingerprint density at radius 1 is 1.23 bits per heavy atom. The summed E-state index contributed by atoms with van der Waals surface area (Å²) in [4.78, 5) is 12.2. The first kappa shape index (κ1) is 16.4. The summed E-state index contributed by atoms with van der Waals surface area (Å²) in [5.74, 6) is 0. The highest BCUT2D eigenvalue weighted by Gasteiger charge is 2.31. The lowest BCUT2D eigenvalue weighted by atomic mass is 10.1. The maximum absolute atomic E-state index is 12.8. The molecule has 2 rings (SSSR count). The Labute approximate surface area is 125 Å². The van der Waals surface area contributed by atoms with Crippen LogP contribution in [0.2, 0.25) is 0 Å². The summed E-state index contributed by atoms with van der Waals surface area (Å²) in [6, 6.07) is 4.53. The Bertz CT molecular complexity index is 711. The van der Waals surface area contributed by atoms with Gasteiger partial charge in [-0.1, -0.05) is 6.07 Å². The minimum atomic E-state index is -4.52. The summed E-state index contributed by atoms with van der Waals surface area (Å²) in [5, 5.41) is 9.76. The third kappa shape index (κ3) is 3.24. The molecule has 2 aromatic rings. The molecule has 0 saturated carbocycles.